The van der Waals surface area contributed by atoms with Crippen molar-refractivity contribution in [3.63, 3.8) is 0 Å². The van der Waals surface area contributed by atoms with Gasteiger partial charge in [0, 0.05) is 37.4 Å². The van der Waals surface area contributed by atoms with E-state index in [0.717, 1.165) is 61.6 Å². The van der Waals surface area contributed by atoms with E-state index in [0.29, 0.717) is 13.2 Å². The minimum Gasteiger partial charge on any atom is -0.493 e. The normalized spacial score (nSPS) is 18.2. The number of carbonyl (C=O) groups excluding carboxylic acids is 1. The van der Waals surface area contributed by atoms with Crippen LogP contribution in [0.25, 0.3) is 0 Å². The number of anilines is 1. The molecule has 1 saturated carbocycles. The number of carbonyl (C=O) groups is 1. The van der Waals surface area contributed by atoms with Crippen LogP contribution in [0.2, 0.25) is 0 Å². The Morgan fingerprint density at radius 1 is 0.897 bits per heavy atom. The number of hydrogen-bond donors (Lipinski definition) is 1. The Morgan fingerprint density at radius 2 is 1.62 bits per heavy atom. The number of nitrogens with zero attached hydrogens (tertiary/aromatic N) is 2. The first kappa shape index (κ1) is 27.0. The van der Waals surface area contributed by atoms with Crippen LogP contribution < -0.4 is 19.9 Å². The van der Waals surface area contributed by atoms with E-state index in [1.807, 2.05) is 42.5 Å². The van der Waals surface area contributed by atoms with Gasteiger partial charge in [-0.3, -0.25) is 14.5 Å². The fourth-order valence-corrected chi connectivity index (χ4v) is 5.60. The Morgan fingerprint density at radius 3 is 2.33 bits per heavy atom. The third-order valence-corrected chi connectivity index (χ3v) is 7.59. The second kappa shape index (κ2) is 13.5. The lowest BCUT2D eigenvalue weighted by molar-refractivity contribution is -0.135. The molecule has 7 heteroatoms. The fraction of sp³-hybridized carbons (Fsp3) is 0.406. The molecule has 1 aliphatic carbocycles. The van der Waals surface area contributed by atoms with Gasteiger partial charge >= 0.3 is 0 Å². The molecule has 1 aliphatic heterocycles. The molecular weight excluding hydrogens is 490 g/mol. The number of amides is 1. The number of nitrogens with one attached hydrogen (secondary N) is 1. The van der Waals surface area contributed by atoms with Crippen molar-refractivity contribution in [2.45, 2.75) is 50.9 Å². The van der Waals surface area contributed by atoms with Gasteiger partial charge in [-0.15, -0.1) is 0 Å². The maximum atomic E-state index is 12.7. The van der Waals surface area contributed by atoms with E-state index in [9.17, 15) is 4.79 Å². The van der Waals surface area contributed by atoms with Crippen LogP contribution in [0.3, 0.4) is 0 Å². The maximum Gasteiger partial charge on any atom is 0.257 e. The van der Waals surface area contributed by atoms with E-state index in [2.05, 4.69) is 51.7 Å². The summed E-state index contributed by atoms with van der Waals surface area (Å²) in [7, 11) is 1.70. The summed E-state index contributed by atoms with van der Waals surface area (Å²) in [6.45, 7) is 3.01. The molecule has 1 heterocycles. The number of benzene rings is 3. The molecule has 0 bridgehead atoms. The summed E-state index contributed by atoms with van der Waals surface area (Å²) in [6.07, 6.45) is 5.78. The van der Waals surface area contributed by atoms with Gasteiger partial charge in [-0.1, -0.05) is 60.7 Å². The number of hydroxylamine groups is 1. The number of rotatable bonds is 11. The van der Waals surface area contributed by atoms with Crippen LogP contribution in [0.1, 0.15) is 36.8 Å². The van der Waals surface area contributed by atoms with E-state index in [4.69, 9.17) is 14.3 Å². The van der Waals surface area contributed by atoms with Crippen molar-refractivity contribution in [2.75, 3.05) is 38.2 Å². The number of ether oxygens (including phenoxy) is 2. The SMILES string of the molecule is COc1ccc(N2CCN(CC(=O)NOCc3ccccc3)CC2Cc2ccccc2)cc1OC1CCCC1. The molecule has 1 unspecified atom stereocenters. The number of piperazine rings is 1. The summed E-state index contributed by atoms with van der Waals surface area (Å²) in [4.78, 5) is 22.8. The van der Waals surface area contributed by atoms with Gasteiger partial charge in [0.15, 0.2) is 11.5 Å². The average Bonchev–Trinajstić information content (AvgIpc) is 3.47. The van der Waals surface area contributed by atoms with Crippen LogP contribution in [-0.4, -0.2) is 56.2 Å². The Hall–Kier alpha value is -3.55. The molecule has 5 rings (SSSR count). The zero-order valence-electron chi connectivity index (χ0n) is 22.8. The Labute approximate surface area is 231 Å². The minimum atomic E-state index is -0.130. The maximum absolute atomic E-state index is 12.7. The summed E-state index contributed by atoms with van der Waals surface area (Å²) in [6, 6.07) is 26.9. The molecule has 0 radical (unpaired) electrons. The van der Waals surface area contributed by atoms with Gasteiger partial charge in [-0.25, -0.2) is 5.48 Å². The predicted molar refractivity (Wildman–Crippen MR) is 153 cm³/mol. The molecule has 1 amide bonds. The third-order valence-electron chi connectivity index (χ3n) is 7.59. The number of methoxy groups -OCH3 is 1. The molecule has 3 aromatic carbocycles. The minimum absolute atomic E-state index is 0.130. The van der Waals surface area contributed by atoms with Gasteiger partial charge in [-0.2, -0.15) is 0 Å². The van der Waals surface area contributed by atoms with Crippen molar-refractivity contribution in [3.8, 4) is 11.5 Å². The van der Waals surface area contributed by atoms with Crippen molar-refractivity contribution in [1.82, 2.24) is 10.4 Å². The Balaban J connectivity index is 1.26. The molecule has 0 spiro atoms. The molecule has 1 saturated heterocycles. The van der Waals surface area contributed by atoms with Crippen LogP contribution in [0.4, 0.5) is 5.69 Å². The molecule has 2 fully saturated rings. The second-order valence-electron chi connectivity index (χ2n) is 10.4. The van der Waals surface area contributed by atoms with Crippen LogP contribution in [0, 0.1) is 0 Å². The zero-order valence-corrected chi connectivity index (χ0v) is 22.8. The summed E-state index contributed by atoms with van der Waals surface area (Å²) in [5.41, 5.74) is 6.04. The average molecular weight is 530 g/mol. The first-order valence-electron chi connectivity index (χ1n) is 14.0. The lowest BCUT2D eigenvalue weighted by Gasteiger charge is -2.43. The standard InChI is InChI=1S/C32H39N3O4/c1-37-30-17-16-27(21-31(30)39-29-14-8-9-15-29)35-19-18-34(22-28(35)20-25-10-4-2-5-11-25)23-32(36)33-38-24-26-12-6-3-7-13-26/h2-7,10-13,16-17,21,28-29H,8-9,14-15,18-20,22-24H2,1H3,(H,33,36). The zero-order chi connectivity index (χ0) is 26.9. The van der Waals surface area contributed by atoms with Crippen molar-refractivity contribution >= 4 is 11.6 Å². The summed E-state index contributed by atoms with van der Waals surface area (Å²) in [5.74, 6) is 1.46. The topological polar surface area (TPSA) is 63.3 Å². The van der Waals surface area contributed by atoms with Crippen molar-refractivity contribution in [3.05, 3.63) is 90.0 Å². The Kier molecular flexibility index (Phi) is 9.35. The summed E-state index contributed by atoms with van der Waals surface area (Å²) >= 11 is 0. The summed E-state index contributed by atoms with van der Waals surface area (Å²) < 4.78 is 12.0. The predicted octanol–water partition coefficient (Wildman–Crippen LogP) is 5.00. The molecule has 3 aromatic rings. The van der Waals surface area contributed by atoms with Crippen molar-refractivity contribution < 1.29 is 19.1 Å². The van der Waals surface area contributed by atoms with Crippen LogP contribution in [-0.2, 0) is 22.7 Å². The molecular formula is C32H39N3O4. The van der Waals surface area contributed by atoms with E-state index >= 15 is 0 Å². The first-order chi connectivity index (χ1) is 19.2. The van der Waals surface area contributed by atoms with Crippen LogP contribution in [0.15, 0.2) is 78.9 Å². The van der Waals surface area contributed by atoms with Gasteiger partial charge in [-0.05, 0) is 55.4 Å². The highest BCUT2D eigenvalue weighted by Gasteiger charge is 2.29. The number of hydrogen-bond acceptors (Lipinski definition) is 6. The third kappa shape index (κ3) is 7.52. The largest absolute Gasteiger partial charge is 0.493 e. The van der Waals surface area contributed by atoms with E-state index in [1.54, 1.807) is 7.11 Å². The fourth-order valence-electron chi connectivity index (χ4n) is 5.60. The quantitative estimate of drug-likeness (QED) is 0.353. The van der Waals surface area contributed by atoms with Gasteiger partial charge in [0.25, 0.3) is 5.91 Å². The van der Waals surface area contributed by atoms with Crippen molar-refractivity contribution in [2.24, 2.45) is 0 Å². The molecule has 206 valence electrons. The lowest BCUT2D eigenvalue weighted by Crippen LogP contribution is -2.56. The molecule has 2 aliphatic rings. The lowest BCUT2D eigenvalue weighted by atomic mass is 10.0. The Bertz CT molecular complexity index is 1180. The first-order valence-corrected chi connectivity index (χ1v) is 14.0. The molecule has 39 heavy (non-hydrogen) atoms. The molecule has 1 atom stereocenters. The van der Waals surface area contributed by atoms with Gasteiger partial charge in [0.05, 0.1) is 26.4 Å². The van der Waals surface area contributed by atoms with E-state index in [1.165, 1.54) is 18.4 Å². The van der Waals surface area contributed by atoms with E-state index < -0.39 is 0 Å². The molecule has 0 aromatic heterocycles. The highest BCUT2D eigenvalue weighted by molar-refractivity contribution is 5.77. The van der Waals surface area contributed by atoms with Gasteiger partial charge < -0.3 is 14.4 Å². The van der Waals surface area contributed by atoms with Gasteiger partial charge in [0.2, 0.25) is 0 Å². The monoisotopic (exact) mass is 529 g/mol. The van der Waals surface area contributed by atoms with Crippen molar-refractivity contribution in [1.29, 1.82) is 0 Å². The molecule has 1 N–H and O–H groups in total. The van der Waals surface area contributed by atoms with Crippen LogP contribution >= 0.6 is 0 Å². The summed E-state index contributed by atoms with van der Waals surface area (Å²) in [5, 5.41) is 0. The van der Waals surface area contributed by atoms with E-state index in [-0.39, 0.29) is 18.1 Å². The molecule has 7 nitrogen and oxygen atoms in total. The second-order valence-corrected chi connectivity index (χ2v) is 10.4. The smallest absolute Gasteiger partial charge is 0.257 e. The highest BCUT2D eigenvalue weighted by Crippen LogP contribution is 2.36. The highest BCUT2D eigenvalue weighted by atomic mass is 16.6. The van der Waals surface area contributed by atoms with Gasteiger partial charge in [0.1, 0.15) is 0 Å². The van der Waals surface area contributed by atoms with Crippen LogP contribution in [0.5, 0.6) is 11.5 Å².